The van der Waals surface area contributed by atoms with Crippen LogP contribution in [0.4, 0.5) is 0 Å². The van der Waals surface area contributed by atoms with Crippen LogP contribution in [0.15, 0.2) is 12.7 Å². The fraction of sp³-hybridized carbons (Fsp3) is 0.700. The second-order valence-electron chi connectivity index (χ2n) is 3.48. The second kappa shape index (κ2) is 5.02. The molecule has 0 bridgehead atoms. The Morgan fingerprint density at radius 2 is 2.23 bits per heavy atom. The number of hydrogen-bond acceptors (Lipinski definition) is 2. The van der Waals surface area contributed by atoms with E-state index in [0.29, 0.717) is 0 Å². The van der Waals surface area contributed by atoms with E-state index in [4.69, 9.17) is 0 Å². The lowest BCUT2D eigenvalue weighted by molar-refractivity contribution is -0.125. The van der Waals surface area contributed by atoms with Gasteiger partial charge in [-0.2, -0.15) is 0 Å². The molecule has 1 N–H and O–H groups in total. The molecule has 0 spiro atoms. The Kier molecular flexibility index (Phi) is 3.96. The van der Waals surface area contributed by atoms with Crippen molar-refractivity contribution in [3.8, 4) is 0 Å². The molecule has 0 aromatic rings. The van der Waals surface area contributed by atoms with E-state index < -0.39 is 0 Å². The average Bonchev–Trinajstić information content (AvgIpc) is 2.18. The number of hydrogen-bond donors (Lipinski definition) is 1. The Labute approximate surface area is 79.8 Å². The summed E-state index contributed by atoms with van der Waals surface area (Å²) < 4.78 is 0. The Balaban J connectivity index is 2.30. The first-order chi connectivity index (χ1) is 6.27. The Hall–Kier alpha value is -0.830. The third kappa shape index (κ3) is 2.84. The van der Waals surface area contributed by atoms with Gasteiger partial charge >= 0.3 is 0 Å². The number of piperidine rings is 1. The predicted octanol–water partition coefficient (Wildman–Crippen LogP) is 0.630. The molecular weight excluding hydrogens is 164 g/mol. The van der Waals surface area contributed by atoms with Gasteiger partial charge in [-0.3, -0.25) is 9.69 Å². The number of likely N-dealkylation sites (tertiary alicyclic amines) is 1. The summed E-state index contributed by atoms with van der Waals surface area (Å²) in [6, 6.07) is 0. The third-order valence-corrected chi connectivity index (χ3v) is 2.59. The summed E-state index contributed by atoms with van der Waals surface area (Å²) in [5, 5.41) is 2.70. The van der Waals surface area contributed by atoms with Crippen molar-refractivity contribution < 1.29 is 4.79 Å². The summed E-state index contributed by atoms with van der Waals surface area (Å²) in [5.74, 6) is 0.421. The van der Waals surface area contributed by atoms with E-state index in [0.717, 1.165) is 32.5 Å². The van der Waals surface area contributed by atoms with Crippen LogP contribution >= 0.6 is 0 Å². The van der Waals surface area contributed by atoms with Gasteiger partial charge in [0.15, 0.2) is 0 Å². The molecule has 1 amide bonds. The lowest BCUT2D eigenvalue weighted by Gasteiger charge is -2.29. The van der Waals surface area contributed by atoms with Crippen molar-refractivity contribution in [3.63, 3.8) is 0 Å². The van der Waals surface area contributed by atoms with E-state index >= 15 is 0 Å². The maximum Gasteiger partial charge on any atom is 0.222 e. The zero-order valence-corrected chi connectivity index (χ0v) is 8.25. The molecule has 1 fully saturated rings. The van der Waals surface area contributed by atoms with Crippen molar-refractivity contribution in [1.29, 1.82) is 0 Å². The molecule has 1 heterocycles. The molecule has 0 aromatic carbocycles. The zero-order chi connectivity index (χ0) is 9.68. The molecule has 1 aliphatic rings. The van der Waals surface area contributed by atoms with E-state index in [1.54, 1.807) is 7.05 Å². The molecular formula is C10H18N2O. The van der Waals surface area contributed by atoms with Crippen LogP contribution in [0.3, 0.4) is 0 Å². The zero-order valence-electron chi connectivity index (χ0n) is 8.25. The Bertz CT molecular complexity index is 183. The maximum absolute atomic E-state index is 11.3. The van der Waals surface area contributed by atoms with Crippen molar-refractivity contribution in [2.24, 2.45) is 5.92 Å². The summed E-state index contributed by atoms with van der Waals surface area (Å²) in [5.41, 5.74) is 0. The van der Waals surface area contributed by atoms with Crippen molar-refractivity contribution in [3.05, 3.63) is 12.7 Å². The van der Waals surface area contributed by atoms with Crippen LogP contribution in [-0.4, -0.2) is 37.5 Å². The van der Waals surface area contributed by atoms with E-state index in [1.165, 1.54) is 0 Å². The van der Waals surface area contributed by atoms with Crippen LogP contribution in [0.2, 0.25) is 0 Å². The summed E-state index contributed by atoms with van der Waals surface area (Å²) in [6.07, 6.45) is 3.88. The van der Waals surface area contributed by atoms with Crippen LogP contribution in [0, 0.1) is 5.92 Å². The molecule has 1 saturated heterocycles. The molecule has 74 valence electrons. The van der Waals surface area contributed by atoms with Gasteiger partial charge in [0.1, 0.15) is 0 Å². The summed E-state index contributed by atoms with van der Waals surface area (Å²) in [7, 11) is 1.71. The standard InChI is InChI=1S/C10H18N2O/c1-3-6-12-7-4-9(5-8-12)10(13)11-2/h3,9H,1,4-8H2,2H3,(H,11,13). The Morgan fingerprint density at radius 3 is 2.69 bits per heavy atom. The van der Waals surface area contributed by atoms with Crippen molar-refractivity contribution in [1.82, 2.24) is 10.2 Å². The number of rotatable bonds is 3. The molecule has 0 saturated carbocycles. The van der Waals surface area contributed by atoms with Gasteiger partial charge in [-0.25, -0.2) is 0 Å². The highest BCUT2D eigenvalue weighted by Crippen LogP contribution is 2.16. The first-order valence-electron chi connectivity index (χ1n) is 4.82. The van der Waals surface area contributed by atoms with Crippen molar-refractivity contribution in [2.75, 3.05) is 26.7 Å². The predicted molar refractivity (Wildman–Crippen MR) is 53.4 cm³/mol. The third-order valence-electron chi connectivity index (χ3n) is 2.59. The largest absolute Gasteiger partial charge is 0.359 e. The summed E-state index contributed by atoms with van der Waals surface area (Å²) in [6.45, 7) is 6.68. The molecule has 1 aliphatic heterocycles. The first kappa shape index (κ1) is 10.3. The fourth-order valence-corrected chi connectivity index (χ4v) is 1.76. The molecule has 0 radical (unpaired) electrons. The van der Waals surface area contributed by atoms with Crippen LogP contribution in [-0.2, 0) is 4.79 Å². The van der Waals surface area contributed by atoms with Gasteiger partial charge in [-0.15, -0.1) is 6.58 Å². The average molecular weight is 182 g/mol. The summed E-state index contributed by atoms with van der Waals surface area (Å²) in [4.78, 5) is 13.6. The molecule has 1 rings (SSSR count). The van der Waals surface area contributed by atoms with Gasteiger partial charge in [0.2, 0.25) is 5.91 Å². The lowest BCUT2D eigenvalue weighted by atomic mass is 9.96. The first-order valence-corrected chi connectivity index (χ1v) is 4.82. The fourth-order valence-electron chi connectivity index (χ4n) is 1.76. The molecule has 13 heavy (non-hydrogen) atoms. The van der Waals surface area contributed by atoms with Gasteiger partial charge in [0.25, 0.3) is 0 Å². The van der Waals surface area contributed by atoms with E-state index in [9.17, 15) is 4.79 Å². The van der Waals surface area contributed by atoms with Crippen LogP contribution in [0.1, 0.15) is 12.8 Å². The second-order valence-corrected chi connectivity index (χ2v) is 3.48. The van der Waals surface area contributed by atoms with Gasteiger partial charge in [0, 0.05) is 19.5 Å². The van der Waals surface area contributed by atoms with Crippen molar-refractivity contribution >= 4 is 5.91 Å². The molecule has 0 unspecified atom stereocenters. The van der Waals surface area contributed by atoms with Crippen LogP contribution in [0.25, 0.3) is 0 Å². The monoisotopic (exact) mass is 182 g/mol. The van der Waals surface area contributed by atoms with Crippen molar-refractivity contribution in [2.45, 2.75) is 12.8 Å². The maximum atomic E-state index is 11.3. The molecule has 0 atom stereocenters. The van der Waals surface area contributed by atoms with Gasteiger partial charge in [0.05, 0.1) is 0 Å². The number of nitrogens with one attached hydrogen (secondary N) is 1. The lowest BCUT2D eigenvalue weighted by Crippen LogP contribution is -2.39. The Morgan fingerprint density at radius 1 is 1.62 bits per heavy atom. The van der Waals surface area contributed by atoms with Crippen LogP contribution < -0.4 is 5.32 Å². The molecule has 0 aliphatic carbocycles. The highest BCUT2D eigenvalue weighted by molar-refractivity contribution is 5.78. The van der Waals surface area contributed by atoms with Crippen LogP contribution in [0.5, 0.6) is 0 Å². The normalized spacial score (nSPS) is 19.8. The topological polar surface area (TPSA) is 32.3 Å². The smallest absolute Gasteiger partial charge is 0.222 e. The number of amides is 1. The highest BCUT2D eigenvalue weighted by Gasteiger charge is 2.23. The van der Waals surface area contributed by atoms with E-state index in [2.05, 4.69) is 16.8 Å². The minimum absolute atomic E-state index is 0.193. The molecule has 3 heteroatoms. The number of nitrogens with zero attached hydrogens (tertiary/aromatic N) is 1. The molecule has 3 nitrogen and oxygen atoms in total. The number of carbonyl (C=O) groups excluding carboxylic acids is 1. The minimum Gasteiger partial charge on any atom is -0.359 e. The minimum atomic E-state index is 0.193. The van der Waals surface area contributed by atoms with Gasteiger partial charge < -0.3 is 5.32 Å². The number of carbonyl (C=O) groups is 1. The van der Waals surface area contributed by atoms with Gasteiger partial charge in [-0.05, 0) is 25.9 Å². The highest BCUT2D eigenvalue weighted by atomic mass is 16.1. The van der Waals surface area contributed by atoms with E-state index in [-0.39, 0.29) is 11.8 Å². The SMILES string of the molecule is C=CCN1CCC(C(=O)NC)CC1. The summed E-state index contributed by atoms with van der Waals surface area (Å²) >= 11 is 0. The van der Waals surface area contributed by atoms with E-state index in [1.807, 2.05) is 6.08 Å². The quantitative estimate of drug-likeness (QED) is 0.649. The van der Waals surface area contributed by atoms with Gasteiger partial charge in [-0.1, -0.05) is 6.08 Å². The molecule has 0 aromatic heterocycles.